The van der Waals surface area contributed by atoms with Gasteiger partial charge in [0.25, 0.3) is 0 Å². The van der Waals surface area contributed by atoms with Gasteiger partial charge in [-0.2, -0.15) is 0 Å². The van der Waals surface area contributed by atoms with Crippen molar-refractivity contribution < 1.29 is 73.4 Å². The molecule has 2 heterocycles. The van der Waals surface area contributed by atoms with Crippen LogP contribution in [0.25, 0.3) is 0 Å². The average molecular weight is 679 g/mol. The number of carboxylic acid groups (broad SMARTS) is 1. The molecule has 15 heteroatoms. The van der Waals surface area contributed by atoms with Gasteiger partial charge in [0.05, 0.1) is 6.10 Å². The Labute approximate surface area is 275 Å². The van der Waals surface area contributed by atoms with Gasteiger partial charge in [-0.05, 0) is 45.4 Å². The van der Waals surface area contributed by atoms with E-state index in [1.807, 2.05) is 0 Å². The molecule has 2 aliphatic heterocycles. The molecular formula is C32H54O15. The zero-order chi connectivity index (χ0) is 34.9. The smallest absolute Gasteiger partial charge is 0.303 e. The summed E-state index contributed by atoms with van der Waals surface area (Å²) in [6.45, 7) is 3.33. The molecule has 6 N–H and O–H groups in total. The maximum Gasteiger partial charge on any atom is 0.303 e. The number of ether oxygens (including phenoxy) is 6. The quantitative estimate of drug-likeness (QED) is 0.0567. The van der Waals surface area contributed by atoms with Crippen LogP contribution in [0.1, 0.15) is 91.4 Å². The number of aliphatic carboxylic acids is 1. The molecule has 11 atom stereocenters. The number of esters is 2. The van der Waals surface area contributed by atoms with Crippen molar-refractivity contribution in [2.75, 3.05) is 13.2 Å². The van der Waals surface area contributed by atoms with Crippen molar-refractivity contribution in [1.29, 1.82) is 0 Å². The fourth-order valence-corrected chi connectivity index (χ4v) is 5.31. The van der Waals surface area contributed by atoms with Crippen LogP contribution in [0, 0.1) is 0 Å². The first-order valence-electron chi connectivity index (χ1n) is 16.5. The molecule has 47 heavy (non-hydrogen) atoms. The lowest BCUT2D eigenvalue weighted by Gasteiger charge is -2.46. The van der Waals surface area contributed by atoms with Crippen molar-refractivity contribution in [1.82, 2.24) is 0 Å². The van der Waals surface area contributed by atoms with Gasteiger partial charge in [0, 0.05) is 20.3 Å². The first kappa shape index (κ1) is 41.0. The molecule has 2 aliphatic rings. The number of carbonyl (C=O) groups excluding carboxylic acids is 2. The summed E-state index contributed by atoms with van der Waals surface area (Å²) in [5.74, 6) is -2.03. The molecule has 0 spiro atoms. The highest BCUT2D eigenvalue weighted by atomic mass is 16.8. The van der Waals surface area contributed by atoms with Crippen molar-refractivity contribution in [3.63, 3.8) is 0 Å². The molecule has 0 aromatic heterocycles. The minimum absolute atomic E-state index is 0.216. The Balaban J connectivity index is 1.91. The van der Waals surface area contributed by atoms with Gasteiger partial charge in [-0.3, -0.25) is 14.4 Å². The average Bonchev–Trinajstić information content (AvgIpc) is 3.01. The van der Waals surface area contributed by atoms with Gasteiger partial charge in [-0.15, -0.1) is 0 Å². The fourth-order valence-electron chi connectivity index (χ4n) is 5.31. The van der Waals surface area contributed by atoms with Crippen LogP contribution in [-0.2, 0) is 42.8 Å². The predicted octanol–water partition coefficient (Wildman–Crippen LogP) is 1.09. The molecule has 15 nitrogen and oxygen atoms in total. The minimum atomic E-state index is -1.78. The highest BCUT2D eigenvalue weighted by molar-refractivity contribution is 5.66. The highest BCUT2D eigenvalue weighted by Gasteiger charge is 2.51. The number of allylic oxidation sites excluding steroid dienone is 2. The fraction of sp³-hybridized carbons (Fsp3) is 0.844. The van der Waals surface area contributed by atoms with Gasteiger partial charge in [0.15, 0.2) is 12.6 Å². The second-order valence-corrected chi connectivity index (χ2v) is 12.1. The lowest BCUT2D eigenvalue weighted by molar-refractivity contribution is -0.371. The lowest BCUT2D eigenvalue weighted by atomic mass is 9.97. The third kappa shape index (κ3) is 14.8. The van der Waals surface area contributed by atoms with E-state index in [9.17, 15) is 39.9 Å². The molecule has 0 amide bonds. The second kappa shape index (κ2) is 21.7. The molecule has 0 aromatic carbocycles. The number of unbranched alkanes of at least 4 members (excludes halogenated alkanes) is 7. The van der Waals surface area contributed by atoms with E-state index in [0.29, 0.717) is 12.8 Å². The van der Waals surface area contributed by atoms with Gasteiger partial charge in [-0.1, -0.05) is 37.8 Å². The predicted molar refractivity (Wildman–Crippen MR) is 164 cm³/mol. The molecule has 0 saturated carbocycles. The number of carboxylic acids is 1. The molecule has 2 rings (SSSR count). The summed E-state index contributed by atoms with van der Waals surface area (Å²) in [7, 11) is 0. The highest BCUT2D eigenvalue weighted by Crippen LogP contribution is 2.31. The Bertz CT molecular complexity index is 961. The molecule has 2 saturated heterocycles. The van der Waals surface area contributed by atoms with Crippen LogP contribution in [0.3, 0.4) is 0 Å². The Kier molecular flexibility index (Phi) is 18.9. The Morgan fingerprint density at radius 3 is 1.74 bits per heavy atom. The van der Waals surface area contributed by atoms with Crippen LogP contribution >= 0.6 is 0 Å². The van der Waals surface area contributed by atoms with Crippen LogP contribution in [0.4, 0.5) is 0 Å². The number of aliphatic hydroxyl groups is 5. The Morgan fingerprint density at radius 2 is 1.19 bits per heavy atom. The molecule has 2 fully saturated rings. The van der Waals surface area contributed by atoms with Crippen molar-refractivity contribution in [3.05, 3.63) is 12.2 Å². The summed E-state index contributed by atoms with van der Waals surface area (Å²) >= 11 is 0. The molecule has 272 valence electrons. The first-order valence-corrected chi connectivity index (χ1v) is 16.5. The van der Waals surface area contributed by atoms with E-state index in [4.69, 9.17) is 33.5 Å². The normalized spacial score (nSPS) is 31.8. The number of rotatable bonds is 21. The third-order valence-electron chi connectivity index (χ3n) is 8.03. The Hall–Kier alpha value is -2.21. The largest absolute Gasteiger partial charge is 0.481 e. The van der Waals surface area contributed by atoms with Gasteiger partial charge in [-0.25, -0.2) is 0 Å². The third-order valence-corrected chi connectivity index (χ3v) is 8.03. The van der Waals surface area contributed by atoms with Gasteiger partial charge in [0.1, 0.15) is 62.0 Å². The van der Waals surface area contributed by atoms with Crippen molar-refractivity contribution in [2.45, 2.75) is 159 Å². The number of aliphatic hydroxyl groups excluding tert-OH is 5. The molecule has 0 aromatic rings. The van der Waals surface area contributed by atoms with Crippen molar-refractivity contribution in [2.24, 2.45) is 0 Å². The summed E-state index contributed by atoms with van der Waals surface area (Å²) < 4.78 is 33.2. The summed E-state index contributed by atoms with van der Waals surface area (Å²) in [5.41, 5.74) is 0. The number of carbonyl (C=O) groups is 3. The lowest BCUT2D eigenvalue weighted by Crippen LogP contribution is -2.65. The summed E-state index contributed by atoms with van der Waals surface area (Å²) in [5, 5.41) is 61.7. The van der Waals surface area contributed by atoms with Gasteiger partial charge < -0.3 is 59.1 Å². The molecule has 0 aliphatic carbocycles. The topological polar surface area (TPSA) is 228 Å². The number of hydrogen-bond acceptors (Lipinski definition) is 14. The van der Waals surface area contributed by atoms with Crippen LogP contribution in [0.2, 0.25) is 0 Å². The standard InChI is InChI=1S/C32H54O15/c1-19(15-13-11-9-7-5-4-6-8-10-12-14-16-24(35)36)44-32-30(28(40)26(38)23(46-32)18-43-21(3)34)47-31-29(41)27(39)25(37)22(45-31)17-42-20(2)33/h4,6,19,22-23,25-32,37-41H,5,7-18H2,1-3H3,(H,35,36)/b6-4-. The van der Waals surface area contributed by atoms with Crippen LogP contribution in [0.5, 0.6) is 0 Å². The maximum absolute atomic E-state index is 11.4. The Morgan fingerprint density at radius 1 is 0.681 bits per heavy atom. The van der Waals surface area contributed by atoms with Crippen molar-refractivity contribution in [3.8, 4) is 0 Å². The monoisotopic (exact) mass is 678 g/mol. The SMILES string of the molecule is CC(=O)OCC1OC(OC2C(OC(C)CCCCCC/C=C\CCCCCC(=O)O)OC(COC(C)=O)C(O)C2O)C(O)C(O)C1O. The van der Waals surface area contributed by atoms with E-state index in [-0.39, 0.29) is 13.0 Å². The van der Waals surface area contributed by atoms with Crippen LogP contribution < -0.4 is 0 Å². The van der Waals surface area contributed by atoms with Gasteiger partial charge in [0.2, 0.25) is 0 Å². The van der Waals surface area contributed by atoms with Crippen LogP contribution in [0.15, 0.2) is 12.2 Å². The molecule has 0 radical (unpaired) electrons. The van der Waals surface area contributed by atoms with Crippen LogP contribution in [-0.4, -0.2) is 129 Å². The zero-order valence-electron chi connectivity index (χ0n) is 27.6. The first-order chi connectivity index (χ1) is 22.3. The summed E-state index contributed by atoms with van der Waals surface area (Å²) in [6.07, 6.45) is -2.16. The molecule has 11 unspecified atom stereocenters. The van der Waals surface area contributed by atoms with E-state index in [2.05, 4.69) is 12.2 Å². The van der Waals surface area contributed by atoms with E-state index >= 15 is 0 Å². The molecular weight excluding hydrogens is 624 g/mol. The van der Waals surface area contributed by atoms with E-state index in [0.717, 1.165) is 58.3 Å². The minimum Gasteiger partial charge on any atom is -0.481 e. The number of hydrogen-bond donors (Lipinski definition) is 6. The van der Waals surface area contributed by atoms with E-state index in [1.165, 1.54) is 6.92 Å². The van der Waals surface area contributed by atoms with E-state index < -0.39 is 92.0 Å². The second-order valence-electron chi connectivity index (χ2n) is 12.1. The summed E-state index contributed by atoms with van der Waals surface area (Å²) in [4.78, 5) is 33.2. The van der Waals surface area contributed by atoms with Gasteiger partial charge >= 0.3 is 17.9 Å². The summed E-state index contributed by atoms with van der Waals surface area (Å²) in [6, 6.07) is 0. The molecule has 0 bridgehead atoms. The van der Waals surface area contributed by atoms with E-state index in [1.54, 1.807) is 6.92 Å². The maximum atomic E-state index is 11.4. The zero-order valence-corrected chi connectivity index (χ0v) is 27.6. The van der Waals surface area contributed by atoms with Crippen molar-refractivity contribution >= 4 is 17.9 Å².